The van der Waals surface area contributed by atoms with Crippen molar-refractivity contribution in [3.05, 3.63) is 35.9 Å². The topological polar surface area (TPSA) is 38.7 Å². The lowest BCUT2D eigenvalue weighted by molar-refractivity contribution is -0.185. The number of benzene rings is 1. The predicted octanol–water partition coefficient (Wildman–Crippen LogP) is 2.21. The Bertz CT molecular complexity index is 387. The van der Waals surface area contributed by atoms with Gasteiger partial charge in [0.05, 0.1) is 0 Å². The van der Waals surface area contributed by atoms with E-state index in [0.29, 0.717) is 0 Å². The van der Waals surface area contributed by atoms with Gasteiger partial charge in [0.25, 0.3) is 0 Å². The third-order valence-electron chi connectivity index (χ3n) is 1.66. The first-order valence-corrected chi connectivity index (χ1v) is 4.74. The van der Waals surface area contributed by atoms with E-state index in [2.05, 4.69) is 9.73 Å². The zero-order valence-electron chi connectivity index (χ0n) is 8.78. The molecule has 0 fully saturated rings. The van der Waals surface area contributed by atoms with Crippen LogP contribution in [0.15, 0.2) is 35.3 Å². The minimum Gasteiger partial charge on any atom is -0.455 e. The van der Waals surface area contributed by atoms with Gasteiger partial charge in [-0.15, -0.1) is 0 Å². The maximum absolute atomic E-state index is 11.7. The molecule has 0 aliphatic carbocycles. The van der Waals surface area contributed by atoms with Gasteiger partial charge in [-0.25, -0.2) is 0 Å². The van der Waals surface area contributed by atoms with E-state index in [-0.39, 0.29) is 0 Å². The highest BCUT2D eigenvalue weighted by Crippen LogP contribution is 2.14. The van der Waals surface area contributed by atoms with E-state index in [4.69, 9.17) is 0 Å². The monoisotopic (exact) mass is 245 g/mol. The maximum atomic E-state index is 11.7. The molecule has 0 aliphatic heterocycles. The Morgan fingerprint density at radius 2 is 1.94 bits per heavy atom. The minimum absolute atomic E-state index is 0.426. The molecule has 0 saturated carbocycles. The molecule has 0 heterocycles. The summed E-state index contributed by atoms with van der Waals surface area (Å²) in [7, 11) is 0. The summed E-state index contributed by atoms with van der Waals surface area (Å²) in [6.45, 7) is -2.00. The number of carbonyl (C=O) groups excluding carboxylic acids is 1. The van der Waals surface area contributed by atoms with E-state index in [0.717, 1.165) is 5.56 Å². The van der Waals surface area contributed by atoms with Crippen LogP contribution in [0.2, 0.25) is 0 Å². The molecular formula is C11H10F3NO2. The molecule has 92 valence electrons. The largest absolute Gasteiger partial charge is 0.455 e. The molecule has 1 aromatic rings. The highest BCUT2D eigenvalue weighted by molar-refractivity contribution is 5.82. The zero-order chi connectivity index (χ0) is 12.7. The van der Waals surface area contributed by atoms with Crippen molar-refractivity contribution in [2.24, 2.45) is 4.99 Å². The van der Waals surface area contributed by atoms with Gasteiger partial charge in [-0.1, -0.05) is 30.3 Å². The Hall–Kier alpha value is -1.85. The van der Waals surface area contributed by atoms with Gasteiger partial charge in [0.2, 0.25) is 0 Å². The summed E-state index contributed by atoms with van der Waals surface area (Å²) >= 11 is 0. The van der Waals surface area contributed by atoms with Crippen molar-refractivity contribution in [1.29, 1.82) is 0 Å². The second-order valence-corrected chi connectivity index (χ2v) is 3.16. The lowest BCUT2D eigenvalue weighted by Gasteiger charge is -2.05. The normalized spacial score (nSPS) is 11.7. The summed E-state index contributed by atoms with van der Waals surface area (Å²) in [6.07, 6.45) is -3.10. The van der Waals surface area contributed by atoms with E-state index >= 15 is 0 Å². The first kappa shape index (κ1) is 13.2. The number of hydrogen-bond acceptors (Lipinski definition) is 3. The first-order valence-electron chi connectivity index (χ1n) is 4.74. The number of esters is 1. The van der Waals surface area contributed by atoms with E-state index < -0.39 is 25.3 Å². The van der Waals surface area contributed by atoms with Gasteiger partial charge in [0, 0.05) is 6.21 Å². The highest BCUT2D eigenvalue weighted by atomic mass is 19.4. The Labute approximate surface area is 95.9 Å². The maximum Gasteiger partial charge on any atom is 0.422 e. The van der Waals surface area contributed by atoms with Gasteiger partial charge in [-0.05, 0) is 5.56 Å². The van der Waals surface area contributed by atoms with Gasteiger partial charge in [-0.3, -0.25) is 9.79 Å². The van der Waals surface area contributed by atoms with Crippen LogP contribution >= 0.6 is 0 Å². The van der Waals surface area contributed by atoms with Gasteiger partial charge < -0.3 is 4.74 Å². The third kappa shape index (κ3) is 6.34. The van der Waals surface area contributed by atoms with Crippen LogP contribution in [-0.2, 0) is 9.53 Å². The number of carbonyl (C=O) groups is 1. The van der Waals surface area contributed by atoms with Crippen molar-refractivity contribution in [3.63, 3.8) is 0 Å². The Morgan fingerprint density at radius 1 is 1.29 bits per heavy atom. The molecule has 1 aromatic carbocycles. The number of rotatable bonds is 4. The molecule has 17 heavy (non-hydrogen) atoms. The van der Waals surface area contributed by atoms with Gasteiger partial charge in [-0.2, -0.15) is 13.2 Å². The molecule has 6 heteroatoms. The van der Waals surface area contributed by atoms with Crippen LogP contribution in [0.4, 0.5) is 13.2 Å². The number of alkyl halides is 3. The lowest BCUT2D eigenvalue weighted by Crippen LogP contribution is -2.21. The van der Waals surface area contributed by atoms with E-state index in [1.54, 1.807) is 24.3 Å². The van der Waals surface area contributed by atoms with Crippen LogP contribution in [0.1, 0.15) is 5.56 Å². The van der Waals surface area contributed by atoms with E-state index in [1.165, 1.54) is 6.21 Å². The van der Waals surface area contributed by atoms with E-state index in [9.17, 15) is 18.0 Å². The average molecular weight is 245 g/mol. The molecule has 0 radical (unpaired) electrons. The summed E-state index contributed by atoms with van der Waals surface area (Å²) in [5, 5.41) is 0. The third-order valence-corrected chi connectivity index (χ3v) is 1.66. The average Bonchev–Trinajstić information content (AvgIpc) is 2.27. The standard InChI is InChI=1S/C11H10F3NO2/c12-11(13,14)8-17-10(16)7-15-6-9-4-2-1-3-5-9/h1-6H,7-8H2. The van der Waals surface area contributed by atoms with Crippen LogP contribution in [0, 0.1) is 0 Å². The van der Waals surface area contributed by atoms with Crippen LogP contribution in [-0.4, -0.2) is 31.5 Å². The molecule has 0 amide bonds. The smallest absolute Gasteiger partial charge is 0.422 e. The number of ether oxygens (including phenoxy) is 1. The summed E-state index contributed by atoms with van der Waals surface area (Å²) in [6, 6.07) is 8.89. The Balaban J connectivity index is 2.31. The van der Waals surface area contributed by atoms with Crippen LogP contribution in [0.25, 0.3) is 0 Å². The molecule has 1 rings (SSSR count). The van der Waals surface area contributed by atoms with Crippen molar-refractivity contribution >= 4 is 12.2 Å². The Morgan fingerprint density at radius 3 is 2.53 bits per heavy atom. The molecule has 0 N–H and O–H groups in total. The van der Waals surface area contributed by atoms with Crippen LogP contribution < -0.4 is 0 Å². The lowest BCUT2D eigenvalue weighted by atomic mass is 10.2. The molecule has 0 spiro atoms. The fraction of sp³-hybridized carbons (Fsp3) is 0.273. The number of halogens is 3. The fourth-order valence-electron chi connectivity index (χ4n) is 0.973. The van der Waals surface area contributed by atoms with E-state index in [1.807, 2.05) is 6.07 Å². The second-order valence-electron chi connectivity index (χ2n) is 3.16. The quantitative estimate of drug-likeness (QED) is 0.602. The number of nitrogens with zero attached hydrogens (tertiary/aromatic N) is 1. The molecule has 0 atom stereocenters. The summed E-state index contributed by atoms with van der Waals surface area (Å²) < 4.78 is 39.0. The second kappa shape index (κ2) is 6.03. The summed E-state index contributed by atoms with van der Waals surface area (Å²) in [4.78, 5) is 14.5. The fourth-order valence-corrected chi connectivity index (χ4v) is 0.973. The summed E-state index contributed by atoms with van der Waals surface area (Å²) in [5.41, 5.74) is 0.760. The minimum atomic E-state index is -4.50. The van der Waals surface area contributed by atoms with Crippen molar-refractivity contribution in [3.8, 4) is 0 Å². The van der Waals surface area contributed by atoms with Gasteiger partial charge in [0.1, 0.15) is 6.54 Å². The molecule has 3 nitrogen and oxygen atoms in total. The van der Waals surface area contributed by atoms with Crippen molar-refractivity contribution < 1.29 is 22.7 Å². The van der Waals surface area contributed by atoms with Crippen LogP contribution in [0.3, 0.4) is 0 Å². The molecule has 0 unspecified atom stereocenters. The van der Waals surface area contributed by atoms with Crippen molar-refractivity contribution in [2.45, 2.75) is 6.18 Å². The molecule has 0 bridgehead atoms. The molecule has 0 aliphatic rings. The Kier molecular flexibility index (Phi) is 4.68. The molecule has 0 aromatic heterocycles. The van der Waals surface area contributed by atoms with Crippen molar-refractivity contribution in [2.75, 3.05) is 13.2 Å². The number of aliphatic imine (C=N–C) groups is 1. The van der Waals surface area contributed by atoms with Crippen LogP contribution in [0.5, 0.6) is 0 Å². The highest BCUT2D eigenvalue weighted by Gasteiger charge is 2.29. The predicted molar refractivity (Wildman–Crippen MR) is 55.9 cm³/mol. The van der Waals surface area contributed by atoms with Gasteiger partial charge >= 0.3 is 12.1 Å². The first-order chi connectivity index (χ1) is 7.97. The number of hydrogen-bond donors (Lipinski definition) is 0. The van der Waals surface area contributed by atoms with Gasteiger partial charge in [0.15, 0.2) is 6.61 Å². The zero-order valence-corrected chi connectivity index (χ0v) is 8.78. The van der Waals surface area contributed by atoms with Crippen molar-refractivity contribution in [1.82, 2.24) is 0 Å². The summed E-state index contributed by atoms with van der Waals surface area (Å²) in [5.74, 6) is -1.01. The molecular weight excluding hydrogens is 235 g/mol. The molecule has 0 saturated heterocycles. The SMILES string of the molecule is O=C(CN=Cc1ccccc1)OCC(F)(F)F.